The summed E-state index contributed by atoms with van der Waals surface area (Å²) in [5.41, 5.74) is -1.46. The molecule has 1 heterocycles. The highest BCUT2D eigenvalue weighted by Crippen LogP contribution is 2.32. The highest BCUT2D eigenvalue weighted by molar-refractivity contribution is 6.01. The van der Waals surface area contributed by atoms with E-state index in [1.165, 1.54) is 24.4 Å². The van der Waals surface area contributed by atoms with Crippen molar-refractivity contribution >= 4 is 17.0 Å². The van der Waals surface area contributed by atoms with Gasteiger partial charge in [-0.05, 0) is 30.7 Å². The van der Waals surface area contributed by atoms with E-state index in [0.717, 1.165) is 16.7 Å². The molecule has 3 aromatic rings. The summed E-state index contributed by atoms with van der Waals surface area (Å²) >= 11 is 0. The van der Waals surface area contributed by atoms with Gasteiger partial charge < -0.3 is 10.2 Å². The summed E-state index contributed by atoms with van der Waals surface area (Å²) in [6.45, 7) is 0.251. The van der Waals surface area contributed by atoms with Gasteiger partial charge in [-0.3, -0.25) is 9.79 Å². The molecule has 146 valence electrons. The molecule has 0 spiro atoms. The van der Waals surface area contributed by atoms with Crippen molar-refractivity contribution in [1.29, 1.82) is 0 Å². The molecule has 0 bridgehead atoms. The molecule has 0 aliphatic rings. The second kappa shape index (κ2) is 7.85. The number of alkyl halides is 3. The molecule has 0 unspecified atom stereocenters. The molecular weight excluding hydrogens is 373 g/mol. The topological polar surface area (TPSA) is 74.8 Å². The molecule has 0 saturated carbocycles. The van der Waals surface area contributed by atoms with Crippen LogP contribution in [0.15, 0.2) is 58.3 Å². The van der Waals surface area contributed by atoms with Crippen LogP contribution >= 0.6 is 0 Å². The zero-order valence-electron chi connectivity index (χ0n) is 14.6. The first-order valence-corrected chi connectivity index (χ1v) is 8.49. The number of aliphatic hydroxyl groups is 1. The van der Waals surface area contributed by atoms with E-state index < -0.39 is 23.2 Å². The molecule has 0 atom stereocenters. The third kappa shape index (κ3) is 3.77. The lowest BCUT2D eigenvalue weighted by molar-refractivity contribution is -0.137. The van der Waals surface area contributed by atoms with Gasteiger partial charge in [0.05, 0.1) is 16.8 Å². The van der Waals surface area contributed by atoms with Crippen molar-refractivity contribution in [2.75, 3.05) is 13.2 Å². The lowest BCUT2D eigenvalue weighted by Gasteiger charge is -2.15. The fourth-order valence-electron chi connectivity index (χ4n) is 2.87. The SMILES string of the molecule is O=c1c2ccccc2c(C=NCCCO)c(O)n1-c1cccc(C(F)(F)F)c1. The second-order valence-electron chi connectivity index (χ2n) is 6.08. The molecular formula is C20H17F3N2O3. The summed E-state index contributed by atoms with van der Waals surface area (Å²) in [6.07, 6.45) is -2.81. The van der Waals surface area contributed by atoms with Gasteiger partial charge in [0.1, 0.15) is 0 Å². The minimum absolute atomic E-state index is 0.0478. The first-order chi connectivity index (χ1) is 13.3. The molecule has 28 heavy (non-hydrogen) atoms. The zero-order chi connectivity index (χ0) is 20.3. The van der Waals surface area contributed by atoms with E-state index in [1.54, 1.807) is 18.2 Å². The van der Waals surface area contributed by atoms with Gasteiger partial charge in [0.2, 0.25) is 5.88 Å². The number of aromatic nitrogens is 1. The normalized spacial score (nSPS) is 12.1. The van der Waals surface area contributed by atoms with Gasteiger partial charge in [-0.15, -0.1) is 0 Å². The maximum Gasteiger partial charge on any atom is 0.416 e. The molecule has 0 aliphatic heterocycles. The molecule has 5 nitrogen and oxygen atoms in total. The Kier molecular flexibility index (Phi) is 5.51. The van der Waals surface area contributed by atoms with Crippen LogP contribution in [0.25, 0.3) is 16.5 Å². The lowest BCUT2D eigenvalue weighted by atomic mass is 10.1. The van der Waals surface area contributed by atoms with Gasteiger partial charge in [0.25, 0.3) is 5.56 Å². The van der Waals surface area contributed by atoms with E-state index in [1.807, 2.05) is 0 Å². The molecule has 3 rings (SSSR count). The Morgan fingerprint density at radius 2 is 1.79 bits per heavy atom. The number of nitrogens with zero attached hydrogens (tertiary/aromatic N) is 2. The molecule has 0 aliphatic carbocycles. The monoisotopic (exact) mass is 390 g/mol. The van der Waals surface area contributed by atoms with Crippen LogP contribution in [0.1, 0.15) is 17.5 Å². The Bertz CT molecular complexity index is 1090. The van der Waals surface area contributed by atoms with Crippen molar-refractivity contribution in [1.82, 2.24) is 4.57 Å². The Morgan fingerprint density at radius 3 is 2.46 bits per heavy atom. The van der Waals surface area contributed by atoms with Crippen LogP contribution in [-0.4, -0.2) is 34.1 Å². The number of halogens is 3. The minimum Gasteiger partial charge on any atom is -0.494 e. The van der Waals surface area contributed by atoms with E-state index in [0.29, 0.717) is 18.4 Å². The van der Waals surface area contributed by atoms with Gasteiger partial charge in [0.15, 0.2) is 0 Å². The van der Waals surface area contributed by atoms with Crippen LogP contribution in [0.4, 0.5) is 13.2 Å². The molecule has 0 radical (unpaired) electrons. The first-order valence-electron chi connectivity index (χ1n) is 8.49. The van der Waals surface area contributed by atoms with Crippen LogP contribution in [0.3, 0.4) is 0 Å². The van der Waals surface area contributed by atoms with Crippen molar-refractivity contribution < 1.29 is 23.4 Å². The number of fused-ring (bicyclic) bond motifs is 1. The molecule has 1 aromatic heterocycles. The predicted molar refractivity (Wildman–Crippen MR) is 100 cm³/mol. The Balaban J connectivity index is 2.27. The molecule has 0 fully saturated rings. The highest BCUT2D eigenvalue weighted by atomic mass is 19.4. The number of aliphatic hydroxyl groups excluding tert-OH is 1. The number of benzene rings is 2. The molecule has 0 saturated heterocycles. The van der Waals surface area contributed by atoms with E-state index in [2.05, 4.69) is 4.99 Å². The van der Waals surface area contributed by atoms with Gasteiger partial charge >= 0.3 is 6.18 Å². The minimum atomic E-state index is -4.58. The number of aromatic hydroxyl groups is 1. The van der Waals surface area contributed by atoms with Crippen LogP contribution in [0.5, 0.6) is 5.88 Å². The van der Waals surface area contributed by atoms with Gasteiger partial charge in [0, 0.05) is 30.1 Å². The maximum absolute atomic E-state index is 13.1. The lowest BCUT2D eigenvalue weighted by Crippen LogP contribution is -2.20. The Morgan fingerprint density at radius 1 is 1.07 bits per heavy atom. The number of aliphatic imine (C=N–C) groups is 1. The zero-order valence-corrected chi connectivity index (χ0v) is 14.6. The van der Waals surface area contributed by atoms with Crippen LogP contribution < -0.4 is 5.56 Å². The first kappa shape index (κ1) is 19.6. The Hall–Kier alpha value is -3.13. The molecule has 8 heteroatoms. The van der Waals surface area contributed by atoms with Crippen molar-refractivity contribution in [2.45, 2.75) is 12.6 Å². The summed E-state index contributed by atoms with van der Waals surface area (Å²) in [7, 11) is 0. The second-order valence-corrected chi connectivity index (χ2v) is 6.08. The summed E-state index contributed by atoms with van der Waals surface area (Å²) in [5.74, 6) is -0.504. The average Bonchev–Trinajstić information content (AvgIpc) is 2.67. The molecule has 0 amide bonds. The average molecular weight is 390 g/mol. The van der Waals surface area contributed by atoms with E-state index in [4.69, 9.17) is 5.11 Å². The standard InChI is InChI=1S/C20H17F3N2O3/c21-20(22,23)13-5-3-6-14(11-13)25-18(27)16-8-2-1-7-15(16)17(19(25)28)12-24-9-4-10-26/h1-3,5-8,11-12,26,28H,4,9-10H2. The van der Waals surface area contributed by atoms with E-state index in [-0.39, 0.29) is 23.2 Å². The maximum atomic E-state index is 13.1. The fourth-order valence-corrected chi connectivity index (χ4v) is 2.87. The highest BCUT2D eigenvalue weighted by Gasteiger charge is 2.31. The fraction of sp³-hybridized carbons (Fsp3) is 0.200. The summed E-state index contributed by atoms with van der Waals surface area (Å²) in [4.78, 5) is 17.0. The van der Waals surface area contributed by atoms with Gasteiger partial charge in [-0.2, -0.15) is 13.2 Å². The Labute approximate surface area is 158 Å². The summed E-state index contributed by atoms with van der Waals surface area (Å²) < 4.78 is 40.0. The van der Waals surface area contributed by atoms with Crippen molar-refractivity contribution in [2.24, 2.45) is 4.99 Å². The molecule has 2 aromatic carbocycles. The third-order valence-corrected chi connectivity index (χ3v) is 4.20. The van der Waals surface area contributed by atoms with Gasteiger partial charge in [-0.1, -0.05) is 24.3 Å². The van der Waals surface area contributed by atoms with Crippen LogP contribution in [0.2, 0.25) is 0 Å². The van der Waals surface area contributed by atoms with Gasteiger partial charge in [-0.25, -0.2) is 4.57 Å². The summed E-state index contributed by atoms with van der Waals surface area (Å²) in [5, 5.41) is 20.2. The summed E-state index contributed by atoms with van der Waals surface area (Å²) in [6, 6.07) is 10.7. The van der Waals surface area contributed by atoms with E-state index in [9.17, 15) is 23.1 Å². The van der Waals surface area contributed by atoms with Crippen molar-refractivity contribution in [3.8, 4) is 11.6 Å². The predicted octanol–water partition coefficient (Wildman–Crippen LogP) is 3.52. The largest absolute Gasteiger partial charge is 0.494 e. The smallest absolute Gasteiger partial charge is 0.416 e. The number of hydrogen-bond acceptors (Lipinski definition) is 4. The number of hydrogen-bond donors (Lipinski definition) is 2. The van der Waals surface area contributed by atoms with Crippen molar-refractivity contribution in [3.63, 3.8) is 0 Å². The quantitative estimate of drug-likeness (QED) is 0.517. The van der Waals surface area contributed by atoms with Crippen LogP contribution in [0, 0.1) is 0 Å². The third-order valence-electron chi connectivity index (χ3n) is 4.20. The number of rotatable bonds is 5. The van der Waals surface area contributed by atoms with Crippen LogP contribution in [-0.2, 0) is 6.18 Å². The number of pyridine rings is 1. The van der Waals surface area contributed by atoms with Crippen molar-refractivity contribution in [3.05, 3.63) is 70.0 Å². The molecule has 2 N–H and O–H groups in total. The van der Waals surface area contributed by atoms with E-state index >= 15 is 0 Å².